The summed E-state index contributed by atoms with van der Waals surface area (Å²) in [6.45, 7) is 4.58. The van der Waals surface area contributed by atoms with Crippen LogP contribution in [0.1, 0.15) is 67.2 Å². The van der Waals surface area contributed by atoms with Gasteiger partial charge >= 0.3 is 0 Å². The number of amides is 1. The third kappa shape index (κ3) is 5.46. The minimum absolute atomic E-state index is 0.0141. The maximum absolute atomic E-state index is 13.0. The Balaban J connectivity index is 1.46. The molecule has 2 aromatic carbocycles. The van der Waals surface area contributed by atoms with Crippen LogP contribution in [0, 0.1) is 0 Å². The molecule has 7 heteroatoms. The van der Waals surface area contributed by atoms with E-state index in [-0.39, 0.29) is 16.9 Å². The fourth-order valence-electron chi connectivity index (χ4n) is 3.56. The highest BCUT2D eigenvalue weighted by molar-refractivity contribution is 8.00. The van der Waals surface area contributed by atoms with Crippen LogP contribution in [0.15, 0.2) is 59.8 Å². The van der Waals surface area contributed by atoms with E-state index in [1.807, 2.05) is 32.0 Å². The zero-order chi connectivity index (χ0) is 22.5. The summed E-state index contributed by atoms with van der Waals surface area (Å²) < 4.78 is 2.16. The highest BCUT2D eigenvalue weighted by Gasteiger charge is 2.31. The van der Waals surface area contributed by atoms with E-state index in [0.29, 0.717) is 30.1 Å². The number of thioether (sulfide) groups is 1. The second kappa shape index (κ2) is 10.1. The fourth-order valence-corrected chi connectivity index (χ4v) is 4.49. The molecule has 1 N–H and O–H groups in total. The van der Waals surface area contributed by atoms with Crippen LogP contribution < -0.4 is 5.32 Å². The first-order chi connectivity index (χ1) is 15.5. The van der Waals surface area contributed by atoms with Crippen LogP contribution in [0.2, 0.25) is 0 Å². The number of aromatic nitrogens is 3. The molecule has 1 amide bonds. The smallest absolute Gasteiger partial charge is 0.224 e. The zero-order valence-electron chi connectivity index (χ0n) is 18.5. The first kappa shape index (κ1) is 22.3. The summed E-state index contributed by atoms with van der Waals surface area (Å²) in [4.78, 5) is 24.8. The minimum Gasteiger partial charge on any atom is -0.326 e. The van der Waals surface area contributed by atoms with Gasteiger partial charge in [0.1, 0.15) is 5.82 Å². The first-order valence-electron chi connectivity index (χ1n) is 11.1. The highest BCUT2D eigenvalue weighted by atomic mass is 32.2. The fraction of sp³-hybridized carbons (Fsp3) is 0.360. The molecule has 1 aliphatic carbocycles. The highest BCUT2D eigenvalue weighted by Crippen LogP contribution is 2.40. The lowest BCUT2D eigenvalue weighted by Crippen LogP contribution is -2.16. The van der Waals surface area contributed by atoms with Gasteiger partial charge in [-0.2, -0.15) is 0 Å². The van der Waals surface area contributed by atoms with Crippen LogP contribution in [0.3, 0.4) is 0 Å². The summed E-state index contributed by atoms with van der Waals surface area (Å²) in [6.07, 6.45) is 3.58. The minimum atomic E-state index is -0.304. The van der Waals surface area contributed by atoms with Gasteiger partial charge in [-0.3, -0.25) is 9.59 Å². The van der Waals surface area contributed by atoms with Crippen LogP contribution in [0.25, 0.3) is 0 Å². The Morgan fingerprint density at radius 3 is 2.47 bits per heavy atom. The second-order valence-corrected chi connectivity index (χ2v) is 9.49. The quantitative estimate of drug-likeness (QED) is 0.336. The Morgan fingerprint density at radius 1 is 1.09 bits per heavy atom. The van der Waals surface area contributed by atoms with Gasteiger partial charge in [-0.15, -0.1) is 10.2 Å². The number of anilines is 1. The van der Waals surface area contributed by atoms with Crippen molar-refractivity contribution in [1.29, 1.82) is 0 Å². The Morgan fingerprint density at radius 2 is 1.81 bits per heavy atom. The van der Waals surface area contributed by atoms with Crippen LogP contribution in [-0.2, 0) is 11.3 Å². The topological polar surface area (TPSA) is 76.9 Å². The molecule has 1 heterocycles. The van der Waals surface area contributed by atoms with E-state index in [1.54, 1.807) is 24.3 Å². The van der Waals surface area contributed by atoms with Crippen molar-refractivity contribution in [3.05, 3.63) is 71.5 Å². The van der Waals surface area contributed by atoms with Gasteiger partial charge in [0.25, 0.3) is 0 Å². The first-order valence-corrected chi connectivity index (χ1v) is 12.0. The SMILES string of the molecule is CCCC(=O)Nc1ccc(C(=O)C(C)Sc2nnc(C3CC3)n2Cc2ccccc2)cc1. The van der Waals surface area contributed by atoms with Crippen molar-refractivity contribution < 1.29 is 9.59 Å². The molecule has 0 aliphatic heterocycles. The molecule has 1 aliphatic rings. The van der Waals surface area contributed by atoms with E-state index in [0.717, 1.165) is 30.2 Å². The predicted molar refractivity (Wildman–Crippen MR) is 127 cm³/mol. The van der Waals surface area contributed by atoms with Crippen molar-refractivity contribution in [2.45, 2.75) is 62.4 Å². The number of nitrogens with one attached hydrogen (secondary N) is 1. The molecule has 32 heavy (non-hydrogen) atoms. The molecular weight excluding hydrogens is 420 g/mol. The molecule has 1 saturated carbocycles. The third-order valence-corrected chi connectivity index (χ3v) is 6.53. The maximum Gasteiger partial charge on any atom is 0.224 e. The monoisotopic (exact) mass is 448 g/mol. The Kier molecular flexibility index (Phi) is 7.05. The van der Waals surface area contributed by atoms with E-state index >= 15 is 0 Å². The van der Waals surface area contributed by atoms with Gasteiger partial charge < -0.3 is 9.88 Å². The average Bonchev–Trinajstić information content (AvgIpc) is 3.57. The molecule has 1 atom stereocenters. The predicted octanol–water partition coefficient (Wildman–Crippen LogP) is 5.31. The lowest BCUT2D eigenvalue weighted by molar-refractivity contribution is -0.116. The van der Waals surface area contributed by atoms with Crippen molar-refractivity contribution in [3.8, 4) is 0 Å². The largest absolute Gasteiger partial charge is 0.326 e. The van der Waals surface area contributed by atoms with E-state index < -0.39 is 0 Å². The van der Waals surface area contributed by atoms with Crippen LogP contribution in [0.5, 0.6) is 0 Å². The van der Waals surface area contributed by atoms with Crippen LogP contribution in [-0.4, -0.2) is 31.7 Å². The Labute approximate surface area is 192 Å². The maximum atomic E-state index is 13.0. The standard InChI is InChI=1S/C25H28N4O2S/c1-3-7-22(30)26-21-14-12-19(13-15-21)23(31)17(2)32-25-28-27-24(20-10-11-20)29(25)16-18-8-5-4-6-9-18/h4-6,8-9,12-15,17,20H,3,7,10-11,16H2,1-2H3,(H,26,30). The summed E-state index contributed by atoms with van der Waals surface area (Å²) in [5.41, 5.74) is 2.52. The molecule has 1 aromatic heterocycles. The van der Waals surface area contributed by atoms with E-state index in [2.05, 4.69) is 32.2 Å². The molecule has 0 spiro atoms. The molecule has 1 fully saturated rings. The summed E-state index contributed by atoms with van der Waals surface area (Å²) in [5, 5.41) is 12.2. The summed E-state index contributed by atoms with van der Waals surface area (Å²) in [7, 11) is 0. The van der Waals surface area contributed by atoms with Crippen molar-refractivity contribution >= 4 is 29.1 Å². The molecule has 0 bridgehead atoms. The van der Waals surface area contributed by atoms with E-state index in [1.165, 1.54) is 17.3 Å². The van der Waals surface area contributed by atoms with Crippen LogP contribution in [0.4, 0.5) is 5.69 Å². The summed E-state index contributed by atoms with van der Waals surface area (Å²) >= 11 is 1.45. The normalized spacial score (nSPS) is 14.2. The number of ketones is 1. The van der Waals surface area contributed by atoms with E-state index in [4.69, 9.17) is 0 Å². The lowest BCUT2D eigenvalue weighted by Gasteiger charge is -2.13. The van der Waals surface area contributed by atoms with Crippen molar-refractivity contribution in [3.63, 3.8) is 0 Å². The summed E-state index contributed by atoms with van der Waals surface area (Å²) in [5.74, 6) is 1.51. The van der Waals surface area contributed by atoms with Gasteiger partial charge in [0.05, 0.1) is 11.8 Å². The second-order valence-electron chi connectivity index (χ2n) is 8.19. The molecule has 6 nitrogen and oxygen atoms in total. The molecule has 0 radical (unpaired) electrons. The number of rotatable bonds is 10. The number of hydrogen-bond donors (Lipinski definition) is 1. The van der Waals surface area contributed by atoms with Crippen molar-refractivity contribution in [2.75, 3.05) is 5.32 Å². The van der Waals surface area contributed by atoms with Crippen molar-refractivity contribution in [1.82, 2.24) is 14.8 Å². The number of carbonyl (C=O) groups is 2. The molecular formula is C25H28N4O2S. The zero-order valence-corrected chi connectivity index (χ0v) is 19.3. The molecule has 0 saturated heterocycles. The van der Waals surface area contributed by atoms with Gasteiger partial charge in [-0.05, 0) is 56.0 Å². The molecule has 1 unspecified atom stereocenters. The number of hydrogen-bond acceptors (Lipinski definition) is 5. The Bertz CT molecular complexity index is 1080. The van der Waals surface area contributed by atoms with Gasteiger partial charge in [-0.1, -0.05) is 49.0 Å². The lowest BCUT2D eigenvalue weighted by atomic mass is 10.1. The van der Waals surface area contributed by atoms with Crippen molar-refractivity contribution in [2.24, 2.45) is 0 Å². The van der Waals surface area contributed by atoms with Gasteiger partial charge in [0, 0.05) is 23.6 Å². The van der Waals surface area contributed by atoms with Gasteiger partial charge in [0.2, 0.25) is 5.91 Å². The number of benzene rings is 2. The summed E-state index contributed by atoms with van der Waals surface area (Å²) in [6, 6.07) is 17.4. The van der Waals surface area contributed by atoms with Crippen LogP contribution >= 0.6 is 11.8 Å². The average molecular weight is 449 g/mol. The molecule has 166 valence electrons. The van der Waals surface area contributed by atoms with E-state index in [9.17, 15) is 9.59 Å². The van der Waals surface area contributed by atoms with Gasteiger partial charge in [0.15, 0.2) is 10.9 Å². The third-order valence-electron chi connectivity index (χ3n) is 5.45. The van der Waals surface area contributed by atoms with Gasteiger partial charge in [-0.25, -0.2) is 0 Å². The Hall–Kier alpha value is -2.93. The molecule has 3 aromatic rings. The number of carbonyl (C=O) groups excluding carboxylic acids is 2. The number of nitrogens with zero attached hydrogens (tertiary/aromatic N) is 3. The number of Topliss-reactive ketones (excluding diaryl/α,β-unsaturated/α-hetero) is 1. The molecule has 4 rings (SSSR count).